The van der Waals surface area contributed by atoms with Crippen LogP contribution in [-0.4, -0.2) is 4.98 Å². The molecule has 1 aromatic heterocycles. The van der Waals surface area contributed by atoms with Crippen LogP contribution in [0.2, 0.25) is 0 Å². The first kappa shape index (κ1) is 15.6. The summed E-state index contributed by atoms with van der Waals surface area (Å²) in [7, 11) is 0. The Morgan fingerprint density at radius 2 is 1.15 bits per heavy atom. The fourth-order valence-corrected chi connectivity index (χ4v) is 3.66. The third-order valence-electron chi connectivity index (χ3n) is 4.86. The zero-order valence-electron chi connectivity index (χ0n) is 14.8. The highest BCUT2D eigenvalue weighted by atomic mass is 15.1. The van der Waals surface area contributed by atoms with Crippen molar-refractivity contribution in [2.24, 2.45) is 0 Å². The summed E-state index contributed by atoms with van der Waals surface area (Å²) in [5, 5.41) is 3.51. The molecule has 2 heteroatoms. The van der Waals surface area contributed by atoms with Crippen LogP contribution in [0.5, 0.6) is 0 Å². The number of rotatable bonds is 3. The van der Waals surface area contributed by atoms with Crippen molar-refractivity contribution in [3.05, 3.63) is 109 Å². The van der Waals surface area contributed by atoms with Gasteiger partial charge in [0.05, 0.1) is 11.2 Å². The van der Waals surface area contributed by atoms with Crippen molar-refractivity contribution in [2.45, 2.75) is 0 Å². The molecule has 1 heterocycles. The van der Waals surface area contributed by atoms with E-state index < -0.39 is 0 Å². The van der Waals surface area contributed by atoms with Gasteiger partial charge in [-0.05, 0) is 41.8 Å². The van der Waals surface area contributed by atoms with E-state index in [-0.39, 0.29) is 0 Å². The van der Waals surface area contributed by atoms with Crippen LogP contribution in [0.3, 0.4) is 0 Å². The van der Waals surface area contributed by atoms with E-state index in [0.29, 0.717) is 0 Å². The molecule has 0 saturated heterocycles. The molecule has 5 rings (SSSR count). The van der Waals surface area contributed by atoms with E-state index in [2.05, 4.69) is 89.8 Å². The van der Waals surface area contributed by atoms with E-state index in [1.807, 2.05) is 24.4 Å². The molecule has 5 aromatic rings. The van der Waals surface area contributed by atoms with E-state index in [4.69, 9.17) is 4.98 Å². The maximum atomic E-state index is 4.71. The molecule has 0 saturated carbocycles. The average molecular weight is 346 g/mol. The fraction of sp³-hybridized carbons (Fsp3) is 0. The quantitative estimate of drug-likeness (QED) is 0.332. The van der Waals surface area contributed by atoms with Gasteiger partial charge in [-0.1, -0.05) is 66.7 Å². The SMILES string of the molecule is c1ccc(N(c2ccccc2)c2cccc3ccc4cccnc4c23)cc1. The molecule has 0 radical (unpaired) electrons. The Balaban J connectivity index is 1.87. The molecule has 0 fully saturated rings. The first-order valence-corrected chi connectivity index (χ1v) is 9.08. The maximum Gasteiger partial charge on any atom is 0.0801 e. The lowest BCUT2D eigenvalue weighted by molar-refractivity contribution is 1.30. The summed E-state index contributed by atoms with van der Waals surface area (Å²) in [6.45, 7) is 0. The minimum Gasteiger partial charge on any atom is -0.310 e. The van der Waals surface area contributed by atoms with Crippen molar-refractivity contribution >= 4 is 38.7 Å². The number of anilines is 3. The van der Waals surface area contributed by atoms with Gasteiger partial charge in [-0.25, -0.2) is 0 Å². The van der Waals surface area contributed by atoms with Crippen LogP contribution < -0.4 is 4.90 Å². The number of hydrogen-bond acceptors (Lipinski definition) is 2. The van der Waals surface area contributed by atoms with Gasteiger partial charge in [0.15, 0.2) is 0 Å². The number of nitrogens with zero attached hydrogens (tertiary/aromatic N) is 2. The van der Waals surface area contributed by atoms with Crippen molar-refractivity contribution in [3.8, 4) is 0 Å². The second kappa shape index (κ2) is 6.58. The fourth-order valence-electron chi connectivity index (χ4n) is 3.66. The Kier molecular flexibility index (Phi) is 3.80. The molecule has 0 bridgehead atoms. The molecular formula is C25H18N2. The number of benzene rings is 4. The first-order valence-electron chi connectivity index (χ1n) is 9.08. The van der Waals surface area contributed by atoms with Crippen molar-refractivity contribution in [1.82, 2.24) is 4.98 Å². The Bertz CT molecular complexity index is 1170. The highest BCUT2D eigenvalue weighted by molar-refractivity contribution is 6.13. The van der Waals surface area contributed by atoms with E-state index >= 15 is 0 Å². The summed E-state index contributed by atoms with van der Waals surface area (Å²) in [5.74, 6) is 0. The summed E-state index contributed by atoms with van der Waals surface area (Å²) >= 11 is 0. The number of pyridine rings is 1. The van der Waals surface area contributed by atoms with Gasteiger partial charge in [-0.2, -0.15) is 0 Å². The summed E-state index contributed by atoms with van der Waals surface area (Å²) in [6.07, 6.45) is 1.87. The van der Waals surface area contributed by atoms with Gasteiger partial charge >= 0.3 is 0 Å². The van der Waals surface area contributed by atoms with E-state index in [1.165, 1.54) is 10.8 Å². The molecule has 0 unspecified atom stereocenters. The van der Waals surface area contributed by atoms with Crippen LogP contribution in [0.4, 0.5) is 17.1 Å². The summed E-state index contributed by atoms with van der Waals surface area (Å²) in [6, 6.07) is 35.8. The van der Waals surface area contributed by atoms with Gasteiger partial charge in [0, 0.05) is 28.3 Å². The standard InChI is InChI=1S/C25H18N2/c1-3-11-21(12-4-1)27(22-13-5-2-6-14-22)23-15-7-9-19-16-17-20-10-8-18-26-25(20)24(19)23/h1-18H. The van der Waals surface area contributed by atoms with Gasteiger partial charge in [-0.3, -0.25) is 4.98 Å². The monoisotopic (exact) mass is 346 g/mol. The summed E-state index contributed by atoms with van der Waals surface area (Å²) in [4.78, 5) is 7.02. The predicted octanol–water partition coefficient (Wildman–Crippen LogP) is 6.86. The van der Waals surface area contributed by atoms with Crippen molar-refractivity contribution < 1.29 is 0 Å². The number of hydrogen-bond donors (Lipinski definition) is 0. The Hall–Kier alpha value is -3.65. The average Bonchev–Trinajstić information content (AvgIpc) is 2.75. The lowest BCUT2D eigenvalue weighted by Gasteiger charge is -2.27. The summed E-state index contributed by atoms with van der Waals surface area (Å²) in [5.41, 5.74) is 4.42. The molecule has 0 spiro atoms. The molecule has 0 aliphatic rings. The van der Waals surface area contributed by atoms with Crippen LogP contribution >= 0.6 is 0 Å². The Labute approximate surface area is 158 Å². The maximum absolute atomic E-state index is 4.71. The Morgan fingerprint density at radius 3 is 1.85 bits per heavy atom. The largest absolute Gasteiger partial charge is 0.310 e. The molecule has 0 N–H and O–H groups in total. The van der Waals surface area contributed by atoms with Crippen molar-refractivity contribution in [2.75, 3.05) is 4.90 Å². The number of aromatic nitrogens is 1. The third-order valence-corrected chi connectivity index (χ3v) is 4.86. The lowest BCUT2D eigenvalue weighted by Crippen LogP contribution is -2.10. The molecule has 0 amide bonds. The molecule has 128 valence electrons. The topological polar surface area (TPSA) is 16.1 Å². The molecule has 0 atom stereocenters. The highest BCUT2D eigenvalue weighted by Crippen LogP contribution is 2.40. The van der Waals surface area contributed by atoms with Gasteiger partial charge in [0.2, 0.25) is 0 Å². The van der Waals surface area contributed by atoms with E-state index in [0.717, 1.165) is 28.0 Å². The van der Waals surface area contributed by atoms with Gasteiger partial charge in [-0.15, -0.1) is 0 Å². The predicted molar refractivity (Wildman–Crippen MR) is 114 cm³/mol. The smallest absolute Gasteiger partial charge is 0.0801 e. The lowest BCUT2D eigenvalue weighted by atomic mass is 10.0. The van der Waals surface area contributed by atoms with Crippen LogP contribution in [-0.2, 0) is 0 Å². The van der Waals surface area contributed by atoms with Gasteiger partial charge < -0.3 is 4.90 Å². The highest BCUT2D eigenvalue weighted by Gasteiger charge is 2.16. The minimum absolute atomic E-state index is 1.03. The van der Waals surface area contributed by atoms with Crippen molar-refractivity contribution in [1.29, 1.82) is 0 Å². The molecule has 2 nitrogen and oxygen atoms in total. The number of fused-ring (bicyclic) bond motifs is 3. The van der Waals surface area contributed by atoms with Crippen molar-refractivity contribution in [3.63, 3.8) is 0 Å². The molecule has 27 heavy (non-hydrogen) atoms. The van der Waals surface area contributed by atoms with Crippen LogP contribution in [0.25, 0.3) is 21.7 Å². The van der Waals surface area contributed by atoms with Gasteiger partial charge in [0.1, 0.15) is 0 Å². The number of para-hydroxylation sites is 2. The molecule has 4 aromatic carbocycles. The Morgan fingerprint density at radius 1 is 0.519 bits per heavy atom. The minimum atomic E-state index is 1.03. The second-order valence-corrected chi connectivity index (χ2v) is 6.52. The van der Waals surface area contributed by atoms with Crippen LogP contribution in [0.1, 0.15) is 0 Å². The zero-order chi connectivity index (χ0) is 18.1. The first-order chi connectivity index (χ1) is 13.4. The van der Waals surface area contributed by atoms with E-state index in [1.54, 1.807) is 0 Å². The zero-order valence-corrected chi connectivity index (χ0v) is 14.8. The van der Waals surface area contributed by atoms with E-state index in [9.17, 15) is 0 Å². The molecular weight excluding hydrogens is 328 g/mol. The third kappa shape index (κ3) is 2.72. The van der Waals surface area contributed by atoms with Crippen LogP contribution in [0.15, 0.2) is 109 Å². The molecule has 0 aliphatic heterocycles. The second-order valence-electron chi connectivity index (χ2n) is 6.52. The van der Waals surface area contributed by atoms with Gasteiger partial charge in [0.25, 0.3) is 0 Å². The summed E-state index contributed by atoms with van der Waals surface area (Å²) < 4.78 is 0. The van der Waals surface area contributed by atoms with Crippen LogP contribution in [0, 0.1) is 0 Å². The normalized spacial score (nSPS) is 11.0. The molecule has 0 aliphatic carbocycles.